The Balaban J connectivity index is 1.86. The maximum atomic E-state index is 12.7. The molecule has 2 fully saturated rings. The third kappa shape index (κ3) is 4.69. The number of amides is 1. The second-order valence-corrected chi connectivity index (χ2v) is 9.73. The first-order valence-corrected chi connectivity index (χ1v) is 10.6. The first-order valence-electron chi connectivity index (χ1n) is 9.11. The van der Waals surface area contributed by atoms with E-state index >= 15 is 0 Å². The lowest BCUT2D eigenvalue weighted by atomic mass is 9.96. The smallest absolute Gasteiger partial charge is 0.223 e. The predicted molar refractivity (Wildman–Crippen MR) is 92.5 cm³/mol. The highest BCUT2D eigenvalue weighted by Gasteiger charge is 2.36. The van der Waals surface area contributed by atoms with Crippen LogP contribution in [0.15, 0.2) is 0 Å². The quantitative estimate of drug-likeness (QED) is 0.833. The molecule has 1 N–H and O–H groups in total. The number of sulfonamides is 1. The summed E-state index contributed by atoms with van der Waals surface area (Å²) in [6, 6.07) is 0.159. The summed E-state index contributed by atoms with van der Waals surface area (Å²) in [5.41, 5.74) is 0. The van der Waals surface area contributed by atoms with E-state index in [-0.39, 0.29) is 23.1 Å². The van der Waals surface area contributed by atoms with Crippen LogP contribution < -0.4 is 5.32 Å². The molecule has 23 heavy (non-hydrogen) atoms. The molecule has 0 spiro atoms. The Hall–Kier alpha value is -0.620. The number of hydrogen-bond donors (Lipinski definition) is 1. The van der Waals surface area contributed by atoms with Crippen molar-refractivity contribution in [2.45, 2.75) is 77.0 Å². The van der Waals surface area contributed by atoms with Crippen LogP contribution in [0.25, 0.3) is 0 Å². The topological polar surface area (TPSA) is 66.5 Å². The van der Waals surface area contributed by atoms with Gasteiger partial charge in [0.15, 0.2) is 0 Å². The van der Waals surface area contributed by atoms with E-state index in [0.29, 0.717) is 31.8 Å². The average Bonchev–Trinajstić information content (AvgIpc) is 2.55. The van der Waals surface area contributed by atoms with Crippen molar-refractivity contribution in [2.24, 2.45) is 11.8 Å². The van der Waals surface area contributed by atoms with Crippen molar-refractivity contribution in [1.29, 1.82) is 0 Å². The molecule has 1 heterocycles. The van der Waals surface area contributed by atoms with Crippen LogP contribution >= 0.6 is 0 Å². The Labute approximate surface area is 141 Å². The van der Waals surface area contributed by atoms with Crippen LogP contribution in [0.1, 0.15) is 65.7 Å². The summed E-state index contributed by atoms with van der Waals surface area (Å²) in [7, 11) is -3.17. The fourth-order valence-electron chi connectivity index (χ4n) is 3.46. The molecular weight excluding hydrogens is 312 g/mol. The minimum atomic E-state index is -3.17. The predicted octanol–water partition coefficient (Wildman–Crippen LogP) is 2.52. The van der Waals surface area contributed by atoms with E-state index in [0.717, 1.165) is 32.1 Å². The molecule has 6 heteroatoms. The fraction of sp³-hybridized carbons (Fsp3) is 0.941. The van der Waals surface area contributed by atoms with Gasteiger partial charge in [-0.1, -0.05) is 33.1 Å². The zero-order valence-electron chi connectivity index (χ0n) is 14.8. The van der Waals surface area contributed by atoms with E-state index in [1.54, 1.807) is 4.31 Å². The molecule has 2 rings (SSSR count). The minimum absolute atomic E-state index is 0.0472. The number of piperidine rings is 1. The van der Waals surface area contributed by atoms with E-state index in [9.17, 15) is 13.2 Å². The highest BCUT2D eigenvalue weighted by Crippen LogP contribution is 2.29. The molecule has 0 aromatic rings. The van der Waals surface area contributed by atoms with Crippen LogP contribution in [-0.4, -0.2) is 43.0 Å². The standard InChI is InChI=1S/C17H32N2O3S/c1-13(2)14(3)18-17(20)15-9-11-19(12-10-15)23(21,22)16-7-5-4-6-8-16/h13-16H,4-12H2,1-3H3,(H,18,20). The van der Waals surface area contributed by atoms with Crippen LogP contribution in [0.4, 0.5) is 0 Å². The van der Waals surface area contributed by atoms with Gasteiger partial charge in [-0.2, -0.15) is 0 Å². The Morgan fingerprint density at radius 2 is 1.57 bits per heavy atom. The lowest BCUT2D eigenvalue weighted by Crippen LogP contribution is -2.48. The third-order valence-electron chi connectivity index (χ3n) is 5.53. The van der Waals surface area contributed by atoms with Crippen LogP contribution in [-0.2, 0) is 14.8 Å². The molecule has 0 radical (unpaired) electrons. The maximum absolute atomic E-state index is 12.7. The summed E-state index contributed by atoms with van der Waals surface area (Å²) in [4.78, 5) is 12.3. The van der Waals surface area contributed by atoms with E-state index in [1.807, 2.05) is 6.92 Å². The van der Waals surface area contributed by atoms with Crippen molar-refractivity contribution in [3.63, 3.8) is 0 Å². The van der Waals surface area contributed by atoms with Gasteiger partial charge in [0.1, 0.15) is 0 Å². The van der Waals surface area contributed by atoms with Gasteiger partial charge in [-0.3, -0.25) is 4.79 Å². The van der Waals surface area contributed by atoms with Crippen LogP contribution in [0, 0.1) is 11.8 Å². The SMILES string of the molecule is CC(C)C(C)NC(=O)C1CCN(S(=O)(=O)C2CCCCC2)CC1. The molecule has 0 aromatic carbocycles. The maximum Gasteiger partial charge on any atom is 0.223 e. The lowest BCUT2D eigenvalue weighted by molar-refractivity contribution is -0.127. The summed E-state index contributed by atoms with van der Waals surface area (Å²) in [5, 5.41) is 2.87. The van der Waals surface area contributed by atoms with Gasteiger partial charge in [-0.15, -0.1) is 0 Å². The molecule has 134 valence electrons. The summed E-state index contributed by atoms with van der Waals surface area (Å²) in [6.45, 7) is 7.18. The molecule has 1 saturated carbocycles. The van der Waals surface area contributed by atoms with Gasteiger partial charge in [0.05, 0.1) is 5.25 Å². The molecule has 1 atom stereocenters. The molecule has 1 aliphatic heterocycles. The van der Waals surface area contributed by atoms with Crippen LogP contribution in [0.2, 0.25) is 0 Å². The molecule has 1 amide bonds. The molecule has 1 unspecified atom stereocenters. The summed E-state index contributed by atoms with van der Waals surface area (Å²) < 4.78 is 27.1. The monoisotopic (exact) mass is 344 g/mol. The summed E-state index contributed by atoms with van der Waals surface area (Å²) in [5.74, 6) is 0.445. The first-order chi connectivity index (χ1) is 10.8. The van der Waals surface area contributed by atoms with E-state index < -0.39 is 10.0 Å². The normalized spacial score (nSPS) is 23.8. The second kappa shape index (κ2) is 7.97. The van der Waals surface area contributed by atoms with Gasteiger partial charge in [0, 0.05) is 25.0 Å². The van der Waals surface area contributed by atoms with E-state index in [2.05, 4.69) is 19.2 Å². The first kappa shape index (κ1) is 18.7. The third-order valence-corrected chi connectivity index (χ3v) is 7.93. The highest BCUT2D eigenvalue weighted by molar-refractivity contribution is 7.89. The number of rotatable bonds is 5. The van der Waals surface area contributed by atoms with E-state index in [1.165, 1.54) is 0 Å². The van der Waals surface area contributed by atoms with Gasteiger partial charge >= 0.3 is 0 Å². The number of carbonyl (C=O) groups excluding carboxylic acids is 1. The lowest BCUT2D eigenvalue weighted by Gasteiger charge is -2.34. The van der Waals surface area contributed by atoms with Crippen molar-refractivity contribution >= 4 is 15.9 Å². The van der Waals surface area contributed by atoms with E-state index in [4.69, 9.17) is 0 Å². The average molecular weight is 345 g/mol. The van der Waals surface area contributed by atoms with Gasteiger partial charge in [0.25, 0.3) is 0 Å². The Kier molecular flexibility index (Phi) is 6.48. The van der Waals surface area contributed by atoms with Crippen molar-refractivity contribution in [3.05, 3.63) is 0 Å². The number of nitrogens with zero attached hydrogens (tertiary/aromatic N) is 1. The van der Waals surface area contributed by atoms with Crippen molar-refractivity contribution in [1.82, 2.24) is 9.62 Å². The fourth-order valence-corrected chi connectivity index (χ4v) is 5.53. The van der Waals surface area contributed by atoms with Crippen molar-refractivity contribution < 1.29 is 13.2 Å². The minimum Gasteiger partial charge on any atom is -0.353 e. The van der Waals surface area contributed by atoms with Gasteiger partial charge < -0.3 is 5.32 Å². The Morgan fingerprint density at radius 3 is 2.09 bits per heavy atom. The second-order valence-electron chi connectivity index (χ2n) is 7.52. The molecule has 1 saturated heterocycles. The Bertz CT molecular complexity index is 490. The number of hydrogen-bond acceptors (Lipinski definition) is 3. The largest absolute Gasteiger partial charge is 0.353 e. The molecule has 1 aliphatic carbocycles. The zero-order valence-corrected chi connectivity index (χ0v) is 15.6. The number of carbonyl (C=O) groups is 1. The molecule has 2 aliphatic rings. The van der Waals surface area contributed by atoms with Gasteiger partial charge in [-0.05, 0) is 38.5 Å². The highest BCUT2D eigenvalue weighted by atomic mass is 32.2. The van der Waals surface area contributed by atoms with Crippen LogP contribution in [0.3, 0.4) is 0 Å². The Morgan fingerprint density at radius 1 is 1.00 bits per heavy atom. The van der Waals surface area contributed by atoms with Gasteiger partial charge in [0.2, 0.25) is 15.9 Å². The van der Waals surface area contributed by atoms with Crippen LogP contribution in [0.5, 0.6) is 0 Å². The summed E-state index contributed by atoms with van der Waals surface area (Å²) in [6.07, 6.45) is 6.09. The van der Waals surface area contributed by atoms with Gasteiger partial charge in [-0.25, -0.2) is 12.7 Å². The summed E-state index contributed by atoms with van der Waals surface area (Å²) >= 11 is 0. The molecule has 5 nitrogen and oxygen atoms in total. The molecule has 0 bridgehead atoms. The zero-order chi connectivity index (χ0) is 17.0. The van der Waals surface area contributed by atoms with Crippen molar-refractivity contribution in [3.8, 4) is 0 Å². The molecular formula is C17H32N2O3S. The molecule has 0 aromatic heterocycles. The number of nitrogens with one attached hydrogen (secondary N) is 1. The van der Waals surface area contributed by atoms with Crippen molar-refractivity contribution in [2.75, 3.05) is 13.1 Å².